The van der Waals surface area contributed by atoms with Crippen LogP contribution in [0.3, 0.4) is 0 Å². The number of hydrogen-bond donors (Lipinski definition) is 1. The third-order valence-corrected chi connectivity index (χ3v) is 6.49. The smallest absolute Gasteiger partial charge is 0.416 e. The van der Waals surface area contributed by atoms with Gasteiger partial charge < -0.3 is 10.0 Å². The number of likely N-dealkylation sites (N-methyl/N-ethyl adjacent to an activating group) is 1. The predicted molar refractivity (Wildman–Crippen MR) is 104 cm³/mol. The lowest BCUT2D eigenvalue weighted by Gasteiger charge is -2.29. The number of likely N-dealkylation sites (tertiary alicyclic amines) is 1. The van der Waals surface area contributed by atoms with Crippen LogP contribution < -0.4 is 0 Å². The van der Waals surface area contributed by atoms with Gasteiger partial charge in [0.15, 0.2) is 0 Å². The first-order valence-corrected chi connectivity index (χ1v) is 9.97. The number of aromatic nitrogens is 2. The number of halogens is 3. The molecule has 0 aliphatic carbocycles. The van der Waals surface area contributed by atoms with Gasteiger partial charge in [-0.3, -0.25) is 0 Å². The molecule has 4 rings (SSSR count). The largest absolute Gasteiger partial charge is 0.507 e. The molecule has 0 unspecified atom stereocenters. The maximum absolute atomic E-state index is 12.9. The zero-order valence-corrected chi connectivity index (χ0v) is 16.4. The van der Waals surface area contributed by atoms with Crippen LogP contribution in [-0.2, 0) is 6.18 Å². The number of piperidine rings is 1. The van der Waals surface area contributed by atoms with Gasteiger partial charge in [-0.05, 0) is 74.0 Å². The molecule has 3 heterocycles. The molecule has 28 heavy (non-hydrogen) atoms. The molecule has 2 aromatic heterocycles. The quantitative estimate of drug-likeness (QED) is 0.634. The van der Waals surface area contributed by atoms with E-state index in [-0.39, 0.29) is 5.56 Å². The van der Waals surface area contributed by atoms with Gasteiger partial charge in [-0.15, -0.1) is 21.5 Å². The van der Waals surface area contributed by atoms with Crippen molar-refractivity contribution in [3.8, 4) is 17.0 Å². The Morgan fingerprint density at radius 3 is 2.71 bits per heavy atom. The van der Waals surface area contributed by atoms with Gasteiger partial charge in [0.1, 0.15) is 17.0 Å². The fourth-order valence-electron chi connectivity index (χ4n) is 3.89. The van der Waals surface area contributed by atoms with Crippen LogP contribution in [-0.4, -0.2) is 40.3 Å². The minimum Gasteiger partial charge on any atom is -0.507 e. The number of hydrogen-bond acceptors (Lipinski definition) is 5. The van der Waals surface area contributed by atoms with Crippen LogP contribution in [0.5, 0.6) is 5.75 Å². The minimum atomic E-state index is -4.50. The van der Waals surface area contributed by atoms with E-state index in [0.717, 1.165) is 53.8 Å². The van der Waals surface area contributed by atoms with Crippen LogP contribution in [0.15, 0.2) is 23.6 Å². The number of phenolic OH excluding ortho intramolecular Hbond substituents is 1. The first kappa shape index (κ1) is 19.1. The monoisotopic (exact) mass is 407 g/mol. The highest BCUT2D eigenvalue weighted by Gasteiger charge is 2.31. The van der Waals surface area contributed by atoms with Crippen LogP contribution >= 0.6 is 11.3 Å². The van der Waals surface area contributed by atoms with Crippen LogP contribution in [0.1, 0.15) is 35.4 Å². The van der Waals surface area contributed by atoms with Crippen molar-refractivity contribution < 1.29 is 18.3 Å². The Labute approximate surface area is 164 Å². The maximum Gasteiger partial charge on any atom is 0.416 e. The maximum atomic E-state index is 12.9. The summed E-state index contributed by atoms with van der Waals surface area (Å²) in [5, 5.41) is 21.0. The van der Waals surface area contributed by atoms with Gasteiger partial charge in [-0.25, -0.2) is 0 Å². The highest BCUT2D eigenvalue weighted by Crippen LogP contribution is 2.41. The second-order valence-electron chi connectivity index (χ2n) is 7.37. The Balaban J connectivity index is 1.75. The summed E-state index contributed by atoms with van der Waals surface area (Å²) in [4.78, 5) is 2.31. The minimum absolute atomic E-state index is 0.257. The van der Waals surface area contributed by atoms with Crippen molar-refractivity contribution >= 4 is 21.6 Å². The number of fused-ring (bicyclic) bond motifs is 1. The number of aromatic hydroxyl groups is 1. The highest BCUT2D eigenvalue weighted by molar-refractivity contribution is 7.17. The summed E-state index contributed by atoms with van der Waals surface area (Å²) < 4.78 is 39.5. The molecular weight excluding hydrogens is 387 g/mol. The zero-order valence-electron chi connectivity index (χ0n) is 15.5. The highest BCUT2D eigenvalue weighted by atomic mass is 32.1. The molecular formula is C20H20F3N3OS. The van der Waals surface area contributed by atoms with Gasteiger partial charge in [-0.2, -0.15) is 13.2 Å². The Hall–Kier alpha value is -2.19. The van der Waals surface area contributed by atoms with E-state index < -0.39 is 17.5 Å². The number of thiophene rings is 1. The van der Waals surface area contributed by atoms with E-state index in [1.165, 1.54) is 11.6 Å². The van der Waals surface area contributed by atoms with E-state index in [4.69, 9.17) is 0 Å². The number of benzene rings is 1. The molecule has 0 amide bonds. The third kappa shape index (κ3) is 3.35. The van der Waals surface area contributed by atoms with Crippen molar-refractivity contribution in [1.82, 2.24) is 15.1 Å². The van der Waals surface area contributed by atoms with Gasteiger partial charge in [0, 0.05) is 12.1 Å². The van der Waals surface area contributed by atoms with Crippen molar-refractivity contribution in [2.24, 2.45) is 0 Å². The Kier molecular flexibility index (Phi) is 4.79. The lowest BCUT2D eigenvalue weighted by molar-refractivity contribution is -0.137. The molecule has 1 N–H and O–H groups in total. The number of nitrogens with zero attached hydrogens (tertiary/aromatic N) is 3. The van der Waals surface area contributed by atoms with Crippen molar-refractivity contribution in [1.29, 1.82) is 0 Å². The van der Waals surface area contributed by atoms with Gasteiger partial charge in [-0.1, -0.05) is 0 Å². The van der Waals surface area contributed by atoms with E-state index >= 15 is 0 Å². The molecule has 0 bridgehead atoms. The van der Waals surface area contributed by atoms with Crippen molar-refractivity contribution in [2.45, 2.75) is 31.9 Å². The molecule has 1 aliphatic rings. The summed E-state index contributed by atoms with van der Waals surface area (Å²) in [5.41, 5.74) is 2.64. The van der Waals surface area contributed by atoms with E-state index in [2.05, 4.69) is 27.5 Å². The fraction of sp³-hybridized carbons (Fsp3) is 0.400. The van der Waals surface area contributed by atoms with Crippen LogP contribution in [0.4, 0.5) is 13.2 Å². The molecule has 0 saturated carbocycles. The van der Waals surface area contributed by atoms with Gasteiger partial charge in [0.2, 0.25) is 0 Å². The number of aryl methyl sites for hydroxylation is 1. The second-order valence-corrected chi connectivity index (χ2v) is 8.25. The molecule has 1 saturated heterocycles. The lowest BCUT2D eigenvalue weighted by atomic mass is 9.91. The molecule has 4 nitrogen and oxygen atoms in total. The average molecular weight is 407 g/mol. The van der Waals surface area contributed by atoms with Crippen molar-refractivity contribution in [2.75, 3.05) is 20.1 Å². The van der Waals surface area contributed by atoms with E-state index in [1.54, 1.807) is 11.3 Å². The van der Waals surface area contributed by atoms with Crippen molar-refractivity contribution in [3.63, 3.8) is 0 Å². The van der Waals surface area contributed by atoms with Crippen LogP contribution in [0.25, 0.3) is 21.5 Å². The predicted octanol–water partition coefficient (Wildman–Crippen LogP) is 5.20. The summed E-state index contributed by atoms with van der Waals surface area (Å²) in [6.45, 7) is 3.95. The SMILES string of the molecule is Cc1c(-c2ccc(C(F)(F)F)cc2O)nnc2c([C@@H]3CCCN(C)C3)csc12. The first-order chi connectivity index (χ1) is 13.3. The molecule has 0 radical (unpaired) electrons. The molecule has 1 atom stereocenters. The van der Waals surface area contributed by atoms with E-state index in [0.29, 0.717) is 11.6 Å². The Morgan fingerprint density at radius 2 is 2.04 bits per heavy atom. The molecule has 8 heteroatoms. The molecule has 0 spiro atoms. The lowest BCUT2D eigenvalue weighted by Crippen LogP contribution is -2.30. The number of alkyl halides is 3. The number of phenols is 1. The molecule has 1 aromatic carbocycles. The molecule has 1 aliphatic heterocycles. The summed E-state index contributed by atoms with van der Waals surface area (Å²) in [6.07, 6.45) is -2.25. The Bertz CT molecular complexity index is 1030. The van der Waals surface area contributed by atoms with E-state index in [1.807, 2.05) is 6.92 Å². The molecule has 3 aromatic rings. The summed E-state index contributed by atoms with van der Waals surface area (Å²) in [7, 11) is 2.11. The second kappa shape index (κ2) is 7.00. The molecule has 148 valence electrons. The molecule has 1 fully saturated rings. The van der Waals surface area contributed by atoms with Crippen LogP contribution in [0.2, 0.25) is 0 Å². The topological polar surface area (TPSA) is 49.3 Å². The summed E-state index contributed by atoms with van der Waals surface area (Å²) >= 11 is 1.57. The first-order valence-electron chi connectivity index (χ1n) is 9.09. The average Bonchev–Trinajstić information content (AvgIpc) is 3.07. The summed E-state index contributed by atoms with van der Waals surface area (Å²) in [6, 6.07) is 2.95. The standard InChI is InChI=1S/C20H20F3N3OS/c1-11-17(14-6-5-13(8-16(14)27)20(21,22)23)24-25-18-15(10-28-19(11)18)12-4-3-7-26(2)9-12/h5-6,8,10,12,27H,3-4,7,9H2,1-2H3/t12-/m1/s1. The third-order valence-electron chi connectivity index (χ3n) is 5.38. The summed E-state index contributed by atoms with van der Waals surface area (Å²) in [5.74, 6) is -0.0382. The van der Waals surface area contributed by atoms with Crippen LogP contribution in [0, 0.1) is 6.92 Å². The fourth-order valence-corrected chi connectivity index (χ4v) is 4.98. The normalized spacial score (nSPS) is 18.7. The zero-order chi connectivity index (χ0) is 20.1. The van der Waals surface area contributed by atoms with E-state index in [9.17, 15) is 18.3 Å². The van der Waals surface area contributed by atoms with Crippen molar-refractivity contribution in [3.05, 3.63) is 40.3 Å². The van der Waals surface area contributed by atoms with Gasteiger partial charge in [0.25, 0.3) is 0 Å². The van der Waals surface area contributed by atoms with Gasteiger partial charge in [0.05, 0.1) is 10.3 Å². The Morgan fingerprint density at radius 1 is 1.25 bits per heavy atom. The van der Waals surface area contributed by atoms with Gasteiger partial charge >= 0.3 is 6.18 Å². The number of rotatable bonds is 2.